The number of nitriles is 1. The summed E-state index contributed by atoms with van der Waals surface area (Å²) in [5.74, 6) is 0.361. The molecule has 0 atom stereocenters. The van der Waals surface area contributed by atoms with Crippen molar-refractivity contribution in [2.45, 2.75) is 6.61 Å². The lowest BCUT2D eigenvalue weighted by Gasteiger charge is -2.01. The van der Waals surface area contributed by atoms with E-state index in [0.717, 1.165) is 0 Å². The van der Waals surface area contributed by atoms with Gasteiger partial charge in [-0.1, -0.05) is 0 Å². The van der Waals surface area contributed by atoms with E-state index in [1.165, 1.54) is 4.68 Å². The Balaban J connectivity index is 2.42. The van der Waals surface area contributed by atoms with Gasteiger partial charge in [0.05, 0.1) is 17.3 Å². The van der Waals surface area contributed by atoms with Crippen molar-refractivity contribution in [3.05, 3.63) is 35.7 Å². The predicted octanol–water partition coefficient (Wildman–Crippen LogP) is 0.0263. The fraction of sp³-hybridized carbons (Fsp3) is 0.111. The van der Waals surface area contributed by atoms with Crippen LogP contribution in [0.5, 0.6) is 0 Å². The Bertz CT molecular complexity index is 496. The minimum Gasteiger partial charge on any atom is -0.388 e. The van der Waals surface area contributed by atoms with Crippen molar-refractivity contribution in [1.29, 1.82) is 5.26 Å². The molecule has 0 bridgehead atoms. The topological polar surface area (TPSA) is 87.6 Å². The van der Waals surface area contributed by atoms with Crippen molar-refractivity contribution < 1.29 is 5.11 Å². The Labute approximate surface area is 85.4 Å². The number of hydrogen-bond acceptors (Lipinski definition) is 5. The molecule has 6 heteroatoms. The lowest BCUT2D eigenvalue weighted by atomic mass is 10.2. The molecule has 1 aromatic heterocycles. The van der Waals surface area contributed by atoms with Crippen molar-refractivity contribution in [1.82, 2.24) is 20.2 Å². The predicted molar refractivity (Wildman–Crippen MR) is 49.8 cm³/mol. The van der Waals surface area contributed by atoms with Crippen LogP contribution in [0.4, 0.5) is 0 Å². The Morgan fingerprint density at radius 3 is 2.67 bits per heavy atom. The molecule has 1 N–H and O–H groups in total. The number of rotatable bonds is 2. The van der Waals surface area contributed by atoms with Gasteiger partial charge in [-0.15, -0.1) is 5.10 Å². The van der Waals surface area contributed by atoms with Crippen LogP contribution >= 0.6 is 0 Å². The maximum absolute atomic E-state index is 8.95. The van der Waals surface area contributed by atoms with Crippen LogP contribution in [0.1, 0.15) is 11.4 Å². The molecule has 0 spiro atoms. The highest BCUT2D eigenvalue weighted by atomic mass is 16.3. The van der Waals surface area contributed by atoms with E-state index >= 15 is 0 Å². The van der Waals surface area contributed by atoms with Gasteiger partial charge in [0, 0.05) is 0 Å². The van der Waals surface area contributed by atoms with Crippen LogP contribution in [0.25, 0.3) is 5.69 Å². The molecule has 2 rings (SSSR count). The van der Waals surface area contributed by atoms with E-state index in [1.807, 2.05) is 6.07 Å². The SMILES string of the molecule is N#Cc1ccc(-n2nnnc2CO)cc1. The minimum absolute atomic E-state index is 0.229. The Morgan fingerprint density at radius 1 is 1.33 bits per heavy atom. The standard InChI is InChI=1S/C9H7N5O/c10-5-7-1-3-8(4-2-7)14-9(6-15)11-12-13-14/h1-4,15H,6H2. The number of nitrogens with zero attached hydrogens (tertiary/aromatic N) is 5. The van der Waals surface area contributed by atoms with Gasteiger partial charge >= 0.3 is 0 Å². The molecule has 0 fully saturated rings. The fourth-order valence-electron chi connectivity index (χ4n) is 1.18. The van der Waals surface area contributed by atoms with Gasteiger partial charge in [-0.05, 0) is 34.7 Å². The van der Waals surface area contributed by atoms with Gasteiger partial charge < -0.3 is 5.11 Å². The van der Waals surface area contributed by atoms with E-state index in [1.54, 1.807) is 24.3 Å². The molecule has 74 valence electrons. The highest BCUT2D eigenvalue weighted by Gasteiger charge is 2.05. The Morgan fingerprint density at radius 2 is 2.07 bits per heavy atom. The summed E-state index contributed by atoms with van der Waals surface area (Å²) in [6, 6.07) is 8.78. The first kappa shape index (κ1) is 9.30. The van der Waals surface area contributed by atoms with Crippen LogP contribution in [0, 0.1) is 11.3 Å². The summed E-state index contributed by atoms with van der Waals surface area (Å²) in [5.41, 5.74) is 1.28. The van der Waals surface area contributed by atoms with E-state index in [9.17, 15) is 0 Å². The van der Waals surface area contributed by atoms with Gasteiger partial charge in [-0.3, -0.25) is 0 Å². The summed E-state index contributed by atoms with van der Waals surface area (Å²) >= 11 is 0. The number of aliphatic hydroxyl groups excluding tert-OH is 1. The van der Waals surface area contributed by atoms with Gasteiger partial charge in [0.1, 0.15) is 6.61 Å². The van der Waals surface area contributed by atoms with Crippen molar-refractivity contribution in [3.8, 4) is 11.8 Å². The summed E-state index contributed by atoms with van der Waals surface area (Å²) in [6.45, 7) is -0.229. The molecular formula is C9H7N5O. The van der Waals surface area contributed by atoms with Crippen molar-refractivity contribution in [2.24, 2.45) is 0 Å². The molecule has 6 nitrogen and oxygen atoms in total. The summed E-state index contributed by atoms with van der Waals surface area (Å²) in [6.07, 6.45) is 0. The molecular weight excluding hydrogens is 194 g/mol. The molecule has 15 heavy (non-hydrogen) atoms. The highest BCUT2D eigenvalue weighted by molar-refractivity contribution is 5.38. The highest BCUT2D eigenvalue weighted by Crippen LogP contribution is 2.09. The molecule has 2 aromatic rings. The second-order valence-electron chi connectivity index (χ2n) is 2.82. The molecule has 0 aliphatic carbocycles. The number of aromatic nitrogens is 4. The van der Waals surface area contributed by atoms with Gasteiger partial charge in [-0.2, -0.15) is 9.94 Å². The third-order valence-electron chi connectivity index (χ3n) is 1.92. The monoisotopic (exact) mass is 201 g/mol. The number of tetrazole rings is 1. The third-order valence-corrected chi connectivity index (χ3v) is 1.92. The van der Waals surface area contributed by atoms with Crippen molar-refractivity contribution in [2.75, 3.05) is 0 Å². The maximum atomic E-state index is 8.95. The summed E-state index contributed by atoms with van der Waals surface area (Å²) in [4.78, 5) is 0. The van der Waals surface area contributed by atoms with Crippen LogP contribution in [0.15, 0.2) is 24.3 Å². The summed E-state index contributed by atoms with van der Waals surface area (Å²) in [5, 5.41) is 28.4. The summed E-state index contributed by atoms with van der Waals surface area (Å²) < 4.78 is 1.42. The van der Waals surface area contributed by atoms with E-state index < -0.39 is 0 Å². The number of aliphatic hydroxyl groups is 1. The van der Waals surface area contributed by atoms with Gasteiger partial charge in [0.2, 0.25) is 0 Å². The quantitative estimate of drug-likeness (QED) is 0.740. The van der Waals surface area contributed by atoms with Crippen molar-refractivity contribution in [3.63, 3.8) is 0 Å². The molecule has 0 radical (unpaired) electrons. The molecule has 0 aliphatic heterocycles. The average molecular weight is 201 g/mol. The van der Waals surface area contributed by atoms with Crippen LogP contribution < -0.4 is 0 Å². The smallest absolute Gasteiger partial charge is 0.182 e. The van der Waals surface area contributed by atoms with Crippen LogP contribution in [-0.2, 0) is 6.61 Å². The Hall–Kier alpha value is -2.26. The molecule has 1 aromatic carbocycles. The normalized spacial score (nSPS) is 9.87. The largest absolute Gasteiger partial charge is 0.388 e. The summed E-state index contributed by atoms with van der Waals surface area (Å²) in [7, 11) is 0. The zero-order chi connectivity index (χ0) is 10.7. The van der Waals surface area contributed by atoms with E-state index in [-0.39, 0.29) is 6.61 Å². The molecule has 1 heterocycles. The Kier molecular flexibility index (Phi) is 2.39. The van der Waals surface area contributed by atoms with Crippen LogP contribution in [-0.4, -0.2) is 25.3 Å². The average Bonchev–Trinajstić information content (AvgIpc) is 2.77. The first-order valence-corrected chi connectivity index (χ1v) is 4.24. The maximum Gasteiger partial charge on any atom is 0.182 e. The lowest BCUT2D eigenvalue weighted by molar-refractivity contribution is 0.268. The van der Waals surface area contributed by atoms with Gasteiger partial charge in [-0.25, -0.2) is 0 Å². The number of hydrogen-bond donors (Lipinski definition) is 1. The van der Waals surface area contributed by atoms with Crippen molar-refractivity contribution >= 4 is 0 Å². The molecule has 0 amide bonds. The second kappa shape index (κ2) is 3.86. The molecule has 0 saturated heterocycles. The zero-order valence-corrected chi connectivity index (χ0v) is 7.70. The van der Waals surface area contributed by atoms with Gasteiger partial charge in [0.25, 0.3) is 0 Å². The van der Waals surface area contributed by atoms with E-state index in [0.29, 0.717) is 17.1 Å². The molecule has 0 aliphatic rings. The third kappa shape index (κ3) is 1.68. The number of benzene rings is 1. The minimum atomic E-state index is -0.229. The first-order chi connectivity index (χ1) is 7.35. The van der Waals surface area contributed by atoms with E-state index in [2.05, 4.69) is 15.5 Å². The lowest BCUT2D eigenvalue weighted by Crippen LogP contribution is -2.02. The second-order valence-corrected chi connectivity index (χ2v) is 2.82. The fourth-order valence-corrected chi connectivity index (χ4v) is 1.18. The van der Waals surface area contributed by atoms with Crippen LogP contribution in [0.2, 0.25) is 0 Å². The van der Waals surface area contributed by atoms with Crippen LogP contribution in [0.3, 0.4) is 0 Å². The molecule has 0 saturated carbocycles. The zero-order valence-electron chi connectivity index (χ0n) is 7.70. The van der Waals surface area contributed by atoms with E-state index in [4.69, 9.17) is 10.4 Å². The van der Waals surface area contributed by atoms with Gasteiger partial charge in [0.15, 0.2) is 5.82 Å². The first-order valence-electron chi connectivity index (χ1n) is 4.24. The molecule has 0 unspecified atom stereocenters.